The number of hydrogen-bond donors (Lipinski definition) is 1. The molecule has 0 unspecified atom stereocenters. The minimum atomic E-state index is -0.272. The number of halogens is 2. The molecule has 20 heavy (non-hydrogen) atoms. The highest BCUT2D eigenvalue weighted by Crippen LogP contribution is 2.21. The standard InChI is InChI=1S/C14H17ClFN3O/c1-9-7-12-11(8-10(9)16)18-13(3-5-15)19(12)6-4-14(20)17-2/h7-8H,3-6H2,1-2H3,(H,17,20). The molecule has 0 atom stereocenters. The van der Waals surface area contributed by atoms with Crippen molar-refractivity contribution < 1.29 is 9.18 Å². The molecule has 1 aromatic carbocycles. The third kappa shape index (κ3) is 2.93. The monoisotopic (exact) mass is 297 g/mol. The molecule has 2 rings (SSSR count). The number of amides is 1. The van der Waals surface area contributed by atoms with E-state index in [2.05, 4.69) is 10.3 Å². The van der Waals surface area contributed by atoms with Crippen molar-refractivity contribution >= 4 is 28.5 Å². The van der Waals surface area contributed by atoms with Crippen molar-refractivity contribution in [3.05, 3.63) is 29.3 Å². The topological polar surface area (TPSA) is 46.9 Å². The average molecular weight is 298 g/mol. The Bertz CT molecular complexity index is 639. The maximum Gasteiger partial charge on any atom is 0.221 e. The van der Waals surface area contributed by atoms with E-state index in [9.17, 15) is 9.18 Å². The Morgan fingerprint density at radius 3 is 2.90 bits per heavy atom. The predicted octanol–water partition coefficient (Wildman–Crippen LogP) is 2.40. The van der Waals surface area contributed by atoms with Crippen molar-refractivity contribution in [2.24, 2.45) is 0 Å². The summed E-state index contributed by atoms with van der Waals surface area (Å²) in [6.45, 7) is 2.22. The van der Waals surface area contributed by atoms with Crippen molar-refractivity contribution in [1.29, 1.82) is 0 Å². The maximum absolute atomic E-state index is 13.6. The molecule has 0 saturated carbocycles. The van der Waals surface area contributed by atoms with Gasteiger partial charge in [-0.25, -0.2) is 9.37 Å². The molecular formula is C14H17ClFN3O. The van der Waals surface area contributed by atoms with Gasteiger partial charge in [0.15, 0.2) is 0 Å². The molecule has 1 amide bonds. The minimum Gasteiger partial charge on any atom is -0.359 e. The summed E-state index contributed by atoms with van der Waals surface area (Å²) in [7, 11) is 1.60. The highest BCUT2D eigenvalue weighted by molar-refractivity contribution is 6.17. The lowest BCUT2D eigenvalue weighted by Crippen LogP contribution is -2.20. The van der Waals surface area contributed by atoms with Crippen LogP contribution in [0.1, 0.15) is 17.8 Å². The first-order valence-electron chi connectivity index (χ1n) is 6.48. The molecule has 0 radical (unpaired) electrons. The Labute approximate surface area is 121 Å². The van der Waals surface area contributed by atoms with E-state index in [4.69, 9.17) is 11.6 Å². The number of nitrogens with one attached hydrogen (secondary N) is 1. The zero-order valence-electron chi connectivity index (χ0n) is 11.5. The third-order valence-corrected chi connectivity index (χ3v) is 3.46. The summed E-state index contributed by atoms with van der Waals surface area (Å²) < 4.78 is 15.5. The van der Waals surface area contributed by atoms with Crippen molar-refractivity contribution in [3.63, 3.8) is 0 Å². The van der Waals surface area contributed by atoms with Crippen LogP contribution in [-0.2, 0) is 17.8 Å². The van der Waals surface area contributed by atoms with Gasteiger partial charge in [0.25, 0.3) is 0 Å². The van der Waals surface area contributed by atoms with Gasteiger partial charge in [-0.1, -0.05) is 0 Å². The summed E-state index contributed by atoms with van der Waals surface area (Å²) in [5.41, 5.74) is 2.01. The Kier molecular flexibility index (Phi) is 4.60. The number of carbonyl (C=O) groups is 1. The first kappa shape index (κ1) is 14.8. The summed E-state index contributed by atoms with van der Waals surface area (Å²) in [5, 5.41) is 2.59. The van der Waals surface area contributed by atoms with Gasteiger partial charge in [-0.2, -0.15) is 0 Å². The highest BCUT2D eigenvalue weighted by atomic mass is 35.5. The van der Waals surface area contributed by atoms with E-state index in [0.717, 1.165) is 11.3 Å². The predicted molar refractivity (Wildman–Crippen MR) is 77.5 cm³/mol. The van der Waals surface area contributed by atoms with Crippen LogP contribution in [0.4, 0.5) is 4.39 Å². The third-order valence-electron chi connectivity index (χ3n) is 3.27. The summed E-state index contributed by atoms with van der Waals surface area (Å²) in [6.07, 6.45) is 0.943. The van der Waals surface area contributed by atoms with Crippen molar-refractivity contribution in [3.8, 4) is 0 Å². The Morgan fingerprint density at radius 2 is 2.25 bits per heavy atom. The molecule has 1 aromatic heterocycles. The zero-order valence-corrected chi connectivity index (χ0v) is 12.3. The van der Waals surface area contributed by atoms with Crippen molar-refractivity contribution in [1.82, 2.24) is 14.9 Å². The first-order chi connectivity index (χ1) is 9.56. The largest absolute Gasteiger partial charge is 0.359 e. The number of benzene rings is 1. The number of hydrogen-bond acceptors (Lipinski definition) is 2. The fourth-order valence-electron chi connectivity index (χ4n) is 2.16. The lowest BCUT2D eigenvalue weighted by Gasteiger charge is -2.08. The number of nitrogens with zero attached hydrogens (tertiary/aromatic N) is 2. The Hall–Kier alpha value is -1.62. The zero-order chi connectivity index (χ0) is 14.7. The van der Waals surface area contributed by atoms with Crippen LogP contribution < -0.4 is 5.32 Å². The van der Waals surface area contributed by atoms with Gasteiger partial charge in [0.05, 0.1) is 11.0 Å². The normalized spacial score (nSPS) is 11.0. The number of carbonyl (C=O) groups excluding carboxylic acids is 1. The Balaban J connectivity index is 2.44. The number of aryl methyl sites for hydroxylation is 3. The summed E-state index contributed by atoms with van der Waals surface area (Å²) in [5.74, 6) is 0.905. The van der Waals surface area contributed by atoms with E-state index in [1.165, 1.54) is 6.07 Å². The quantitative estimate of drug-likeness (QED) is 0.862. The molecule has 0 bridgehead atoms. The van der Waals surface area contributed by atoms with Gasteiger partial charge in [0.2, 0.25) is 5.91 Å². The number of alkyl halides is 1. The van der Waals surface area contributed by atoms with E-state index in [1.807, 2.05) is 4.57 Å². The van der Waals surface area contributed by atoms with Crippen molar-refractivity contribution in [2.75, 3.05) is 12.9 Å². The summed E-state index contributed by atoms with van der Waals surface area (Å²) in [4.78, 5) is 15.8. The van der Waals surface area contributed by atoms with Gasteiger partial charge in [0, 0.05) is 38.4 Å². The van der Waals surface area contributed by atoms with Crippen LogP contribution >= 0.6 is 11.6 Å². The molecule has 6 heteroatoms. The minimum absolute atomic E-state index is 0.0393. The lowest BCUT2D eigenvalue weighted by atomic mass is 10.2. The molecule has 0 aliphatic heterocycles. The molecule has 1 heterocycles. The van der Waals surface area contributed by atoms with Crippen LogP contribution in [0, 0.1) is 12.7 Å². The Morgan fingerprint density at radius 1 is 1.50 bits per heavy atom. The molecule has 0 spiro atoms. The molecule has 1 N–H and O–H groups in total. The van der Waals surface area contributed by atoms with E-state index >= 15 is 0 Å². The fourth-order valence-corrected chi connectivity index (χ4v) is 2.33. The van der Waals surface area contributed by atoms with E-state index in [0.29, 0.717) is 36.3 Å². The van der Waals surface area contributed by atoms with Crippen LogP contribution in [0.5, 0.6) is 0 Å². The number of rotatable bonds is 5. The van der Waals surface area contributed by atoms with Gasteiger partial charge in [-0.05, 0) is 18.6 Å². The van der Waals surface area contributed by atoms with E-state index < -0.39 is 0 Å². The molecular weight excluding hydrogens is 281 g/mol. The van der Waals surface area contributed by atoms with Gasteiger partial charge >= 0.3 is 0 Å². The number of fused-ring (bicyclic) bond motifs is 1. The van der Waals surface area contributed by atoms with Crippen LogP contribution in [0.15, 0.2) is 12.1 Å². The molecule has 0 aliphatic rings. The maximum atomic E-state index is 13.6. The molecule has 0 saturated heterocycles. The molecule has 0 aliphatic carbocycles. The summed E-state index contributed by atoms with van der Waals surface area (Å²) >= 11 is 5.78. The van der Waals surface area contributed by atoms with Gasteiger partial charge in [0.1, 0.15) is 11.6 Å². The number of imidazole rings is 1. The van der Waals surface area contributed by atoms with Crippen molar-refractivity contribution in [2.45, 2.75) is 26.3 Å². The molecule has 2 aromatic rings. The van der Waals surface area contributed by atoms with Gasteiger partial charge in [-0.15, -0.1) is 11.6 Å². The highest BCUT2D eigenvalue weighted by Gasteiger charge is 2.13. The lowest BCUT2D eigenvalue weighted by molar-refractivity contribution is -0.120. The van der Waals surface area contributed by atoms with E-state index in [-0.39, 0.29) is 11.7 Å². The molecule has 0 fully saturated rings. The first-order valence-corrected chi connectivity index (χ1v) is 7.02. The molecule has 4 nitrogen and oxygen atoms in total. The fraction of sp³-hybridized carbons (Fsp3) is 0.429. The van der Waals surface area contributed by atoms with Gasteiger partial charge < -0.3 is 9.88 Å². The SMILES string of the molecule is CNC(=O)CCn1c(CCCl)nc2cc(F)c(C)cc21. The van der Waals surface area contributed by atoms with Crippen LogP contribution in [-0.4, -0.2) is 28.4 Å². The van der Waals surface area contributed by atoms with Crippen LogP contribution in [0.2, 0.25) is 0 Å². The van der Waals surface area contributed by atoms with Gasteiger partial charge in [-0.3, -0.25) is 4.79 Å². The second-order valence-corrected chi connectivity index (χ2v) is 5.01. The van der Waals surface area contributed by atoms with Crippen LogP contribution in [0.25, 0.3) is 11.0 Å². The van der Waals surface area contributed by atoms with Crippen LogP contribution in [0.3, 0.4) is 0 Å². The average Bonchev–Trinajstić information content (AvgIpc) is 2.74. The van der Waals surface area contributed by atoms with E-state index in [1.54, 1.807) is 20.0 Å². The number of aromatic nitrogens is 2. The smallest absolute Gasteiger partial charge is 0.221 e. The summed E-state index contributed by atoms with van der Waals surface area (Å²) in [6, 6.07) is 3.19. The molecule has 108 valence electrons. The second kappa shape index (κ2) is 6.22. The second-order valence-electron chi connectivity index (χ2n) is 4.63.